The SMILES string of the molecule is CC(C)(C)c1cc2c(O)c(c1)Cc1cc(C(C)(C)C)cc(c1O)Cc1cc(C(C)(C)C)cc(c1O)Cc1cc(N=CC3=CSC(=C4SC=CS4)S3)cc(c1O)C2. The lowest BCUT2D eigenvalue weighted by Gasteiger charge is -2.26. The van der Waals surface area contributed by atoms with Crippen molar-refractivity contribution in [2.45, 2.75) is 104 Å². The lowest BCUT2D eigenvalue weighted by Crippen LogP contribution is -2.15. The van der Waals surface area contributed by atoms with Gasteiger partial charge in [0.1, 0.15) is 23.0 Å². The predicted octanol–water partition coefficient (Wildman–Crippen LogP) is 13.2. The molecule has 2 aliphatic heterocycles. The molecule has 0 aromatic heterocycles. The van der Waals surface area contributed by atoms with Gasteiger partial charge in [-0.15, -0.1) is 0 Å². The molecule has 0 atom stereocenters. The summed E-state index contributed by atoms with van der Waals surface area (Å²) in [6.07, 6.45) is 3.01. The van der Waals surface area contributed by atoms with Crippen LogP contribution in [0.1, 0.15) is 124 Å². The average Bonchev–Trinajstić information content (AvgIpc) is 3.82. The Morgan fingerprint density at radius 2 is 0.786 bits per heavy atom. The average molecular weight is 822 g/mol. The second-order valence-corrected chi connectivity index (χ2v) is 22.4. The number of aliphatic imine (C=N–C) groups is 1. The van der Waals surface area contributed by atoms with Crippen LogP contribution < -0.4 is 0 Å². The first kappa shape index (κ1) is 40.6. The first-order valence-electron chi connectivity index (χ1n) is 19.0. The van der Waals surface area contributed by atoms with E-state index in [0.29, 0.717) is 51.9 Å². The van der Waals surface area contributed by atoms with Gasteiger partial charge in [-0.25, -0.2) is 0 Å². The number of nitrogens with zero attached hydrogens (tertiary/aromatic N) is 1. The van der Waals surface area contributed by atoms with Gasteiger partial charge >= 0.3 is 0 Å². The zero-order valence-electron chi connectivity index (χ0n) is 33.6. The van der Waals surface area contributed by atoms with Gasteiger partial charge in [0.05, 0.1) is 14.2 Å². The third-order valence-corrected chi connectivity index (χ3v) is 15.6. The molecule has 9 heteroatoms. The number of benzene rings is 4. The summed E-state index contributed by atoms with van der Waals surface area (Å²) in [6.45, 7) is 19.4. The zero-order chi connectivity index (χ0) is 40.3. The summed E-state index contributed by atoms with van der Waals surface area (Å²) >= 11 is 6.90. The first-order chi connectivity index (χ1) is 26.2. The van der Waals surface area contributed by atoms with E-state index >= 15 is 0 Å². The summed E-state index contributed by atoms with van der Waals surface area (Å²) in [6, 6.07) is 16.1. The van der Waals surface area contributed by atoms with Crippen molar-refractivity contribution in [2.24, 2.45) is 4.99 Å². The standard InChI is InChI=1S/C47H51NO4S4/c1-45(2,3)34-16-26-12-28-18-35(46(4,5)6)20-30(40(28)50)14-32-22-37(48-24-38-25-55-44(56-38)43-53-10-11-54-43)23-33(42(32)52)15-31-21-36(47(7,8)9)19-29(41(31)51)13-27(17-34)39(26)49/h10-11,16-25,49-52H,12-15H2,1-9H3. The molecular formula is C47H51NO4S4. The van der Waals surface area contributed by atoms with Crippen molar-refractivity contribution >= 4 is 58.9 Å². The van der Waals surface area contributed by atoms with Crippen LogP contribution in [0.25, 0.3) is 0 Å². The highest BCUT2D eigenvalue weighted by atomic mass is 32.2. The van der Waals surface area contributed by atoms with E-state index in [0.717, 1.165) is 32.7 Å². The monoisotopic (exact) mass is 821 g/mol. The van der Waals surface area contributed by atoms with Gasteiger partial charge in [0.25, 0.3) is 0 Å². The Hall–Kier alpha value is -3.63. The number of allylic oxidation sites excluding steroid dienone is 1. The molecule has 0 spiro atoms. The second-order valence-electron chi connectivity index (χ2n) is 18.1. The summed E-state index contributed by atoms with van der Waals surface area (Å²) < 4.78 is 2.52. The van der Waals surface area contributed by atoms with Crippen LogP contribution in [0.2, 0.25) is 0 Å². The van der Waals surface area contributed by atoms with Gasteiger partial charge in [-0.05, 0) is 94.7 Å². The van der Waals surface area contributed by atoms with E-state index in [1.54, 1.807) is 47.0 Å². The van der Waals surface area contributed by atoms with Crippen LogP contribution >= 0.6 is 47.0 Å². The number of fused-ring (bicyclic) bond motifs is 8. The molecule has 4 N–H and O–H groups in total. The van der Waals surface area contributed by atoms with Crippen LogP contribution in [0.3, 0.4) is 0 Å². The molecule has 4 aromatic carbocycles. The van der Waals surface area contributed by atoms with E-state index in [1.165, 1.54) is 8.47 Å². The fourth-order valence-corrected chi connectivity index (χ4v) is 11.4. The Labute approximate surface area is 348 Å². The minimum atomic E-state index is -0.229. The van der Waals surface area contributed by atoms with Gasteiger partial charge in [-0.2, -0.15) is 0 Å². The third kappa shape index (κ3) is 8.62. The highest BCUT2D eigenvalue weighted by Crippen LogP contribution is 2.53. The molecule has 0 amide bonds. The summed E-state index contributed by atoms with van der Waals surface area (Å²) in [5, 5.41) is 54.5. The van der Waals surface area contributed by atoms with E-state index in [2.05, 4.69) is 103 Å². The lowest BCUT2D eigenvalue weighted by molar-refractivity contribution is 0.449. The van der Waals surface area contributed by atoms with Crippen molar-refractivity contribution in [2.75, 3.05) is 0 Å². The largest absolute Gasteiger partial charge is 0.507 e. The second kappa shape index (κ2) is 15.3. The molecule has 0 fully saturated rings. The summed E-state index contributed by atoms with van der Waals surface area (Å²) in [4.78, 5) is 5.99. The Morgan fingerprint density at radius 3 is 1.11 bits per heavy atom. The number of hydrogen-bond acceptors (Lipinski definition) is 9. The van der Waals surface area contributed by atoms with Crippen molar-refractivity contribution in [1.82, 2.24) is 0 Å². The van der Waals surface area contributed by atoms with Gasteiger partial charge in [0, 0.05) is 47.9 Å². The summed E-state index contributed by atoms with van der Waals surface area (Å²) in [7, 11) is 0. The molecular weight excluding hydrogens is 771 g/mol. The van der Waals surface area contributed by atoms with Crippen LogP contribution in [-0.2, 0) is 41.9 Å². The maximum absolute atomic E-state index is 12.1. The molecule has 56 heavy (non-hydrogen) atoms. The van der Waals surface area contributed by atoms with Gasteiger partial charge < -0.3 is 20.4 Å². The van der Waals surface area contributed by atoms with E-state index in [4.69, 9.17) is 4.99 Å². The fourth-order valence-electron chi connectivity index (χ4n) is 7.15. The smallest absolute Gasteiger partial charge is 0.122 e. The molecule has 0 radical (unpaired) electrons. The third-order valence-electron chi connectivity index (χ3n) is 10.6. The summed E-state index contributed by atoms with van der Waals surface area (Å²) in [5.74, 6) is 0.607. The first-order valence-corrected chi connectivity index (χ1v) is 22.4. The van der Waals surface area contributed by atoms with Crippen LogP contribution in [0, 0.1) is 0 Å². The number of hydrogen-bond donors (Lipinski definition) is 4. The Kier molecular flexibility index (Phi) is 11.1. The molecule has 0 saturated carbocycles. The maximum atomic E-state index is 12.1. The number of aromatic hydroxyl groups is 4. The fraction of sp³-hybridized carbons (Fsp3) is 0.340. The molecule has 292 valence electrons. The van der Waals surface area contributed by atoms with Crippen LogP contribution in [0.4, 0.5) is 5.69 Å². The lowest BCUT2D eigenvalue weighted by atomic mass is 9.80. The normalized spacial score (nSPS) is 16.3. The number of phenolic OH excluding ortho intramolecular Hbond substituents is 4. The number of rotatable bonds is 2. The Bertz CT molecular complexity index is 2240. The number of thioether (sulfide) groups is 4. The topological polar surface area (TPSA) is 93.3 Å². The predicted molar refractivity (Wildman–Crippen MR) is 243 cm³/mol. The highest BCUT2D eigenvalue weighted by Gasteiger charge is 2.27. The maximum Gasteiger partial charge on any atom is 0.122 e. The van der Waals surface area contributed by atoms with Crippen LogP contribution in [-0.4, -0.2) is 26.6 Å². The molecule has 1 aliphatic carbocycles. The van der Waals surface area contributed by atoms with Crippen molar-refractivity contribution in [3.8, 4) is 23.0 Å². The zero-order valence-corrected chi connectivity index (χ0v) is 36.9. The summed E-state index contributed by atoms with van der Waals surface area (Å²) in [5.41, 5.74) is 8.70. The van der Waals surface area contributed by atoms with Gasteiger partial charge in [-0.3, -0.25) is 4.99 Å². The van der Waals surface area contributed by atoms with Crippen molar-refractivity contribution in [3.05, 3.63) is 139 Å². The van der Waals surface area contributed by atoms with Gasteiger partial charge in [0.2, 0.25) is 0 Å². The quantitative estimate of drug-likeness (QED) is 0.131. The minimum absolute atomic E-state index is 0.123. The van der Waals surface area contributed by atoms with Crippen molar-refractivity contribution < 1.29 is 20.4 Å². The van der Waals surface area contributed by atoms with E-state index in [-0.39, 0.29) is 52.1 Å². The molecule has 8 bridgehead atoms. The molecule has 7 rings (SSSR count). The van der Waals surface area contributed by atoms with Crippen LogP contribution in [0.15, 0.2) is 83.1 Å². The van der Waals surface area contributed by atoms with Crippen LogP contribution in [0.5, 0.6) is 23.0 Å². The molecule has 0 saturated heterocycles. The Morgan fingerprint density at radius 1 is 0.464 bits per heavy atom. The molecule has 2 heterocycles. The van der Waals surface area contributed by atoms with Crippen molar-refractivity contribution in [1.29, 1.82) is 0 Å². The highest BCUT2D eigenvalue weighted by molar-refractivity contribution is 8.33. The number of phenols is 4. The van der Waals surface area contributed by atoms with E-state index in [9.17, 15) is 20.4 Å². The molecule has 0 unspecified atom stereocenters. The van der Waals surface area contributed by atoms with E-state index < -0.39 is 0 Å². The molecule has 5 nitrogen and oxygen atoms in total. The minimum Gasteiger partial charge on any atom is -0.507 e. The molecule has 4 aromatic rings. The Balaban J connectivity index is 1.43. The van der Waals surface area contributed by atoms with Gasteiger partial charge in [0.15, 0.2) is 0 Å². The van der Waals surface area contributed by atoms with Gasteiger partial charge in [-0.1, -0.05) is 146 Å². The van der Waals surface area contributed by atoms with Crippen molar-refractivity contribution in [3.63, 3.8) is 0 Å². The molecule has 3 aliphatic rings. The van der Waals surface area contributed by atoms with E-state index in [1.807, 2.05) is 30.5 Å².